The molecule has 0 aromatic heterocycles. The van der Waals surface area contributed by atoms with Gasteiger partial charge in [0, 0.05) is 40.7 Å². The minimum Gasteiger partial charge on any atom is -0.453 e. The number of hydrogen-bond acceptors (Lipinski definition) is 3. The normalized spacial score (nSPS) is 15.2. The third kappa shape index (κ3) is 3.52. The van der Waals surface area contributed by atoms with E-state index < -0.39 is 0 Å². The molecule has 0 aliphatic carbocycles. The number of nitrogens with zero attached hydrogens (tertiary/aromatic N) is 2. The van der Waals surface area contributed by atoms with Gasteiger partial charge in [0.15, 0.2) is 0 Å². The van der Waals surface area contributed by atoms with Crippen molar-refractivity contribution in [3.8, 4) is 0 Å². The van der Waals surface area contributed by atoms with E-state index in [1.807, 2.05) is 6.07 Å². The Balaban J connectivity index is 2.03. The maximum Gasteiger partial charge on any atom is 0.409 e. The highest BCUT2D eigenvalue weighted by molar-refractivity contribution is 9.11. The van der Waals surface area contributed by atoms with Crippen molar-refractivity contribution in [2.45, 2.75) is 0 Å². The van der Waals surface area contributed by atoms with Gasteiger partial charge in [0.25, 0.3) is 5.91 Å². The number of rotatable bonds is 1. The third-order valence-corrected chi connectivity index (χ3v) is 4.02. The van der Waals surface area contributed by atoms with Gasteiger partial charge in [0.1, 0.15) is 0 Å². The first-order chi connectivity index (χ1) is 9.51. The molecule has 0 spiro atoms. The van der Waals surface area contributed by atoms with Gasteiger partial charge in [-0.05, 0) is 18.2 Å². The lowest BCUT2D eigenvalue weighted by atomic mass is 10.2. The molecule has 0 bridgehead atoms. The third-order valence-electron chi connectivity index (χ3n) is 3.11. The Morgan fingerprint density at radius 2 is 1.50 bits per heavy atom. The van der Waals surface area contributed by atoms with Crippen LogP contribution in [0.1, 0.15) is 10.4 Å². The molecule has 1 fully saturated rings. The quantitative estimate of drug-likeness (QED) is 0.721. The predicted octanol–water partition coefficient (Wildman–Crippen LogP) is 2.74. The summed E-state index contributed by atoms with van der Waals surface area (Å²) in [6.07, 6.45) is -0.345. The molecular formula is C13H14Br2N2O3. The number of hydrogen-bond donors (Lipinski definition) is 0. The first-order valence-corrected chi connectivity index (χ1v) is 7.68. The largest absolute Gasteiger partial charge is 0.453 e. The highest BCUT2D eigenvalue weighted by atomic mass is 79.9. The van der Waals surface area contributed by atoms with Gasteiger partial charge < -0.3 is 14.5 Å². The molecule has 0 N–H and O–H groups in total. The van der Waals surface area contributed by atoms with Crippen molar-refractivity contribution < 1.29 is 14.3 Å². The molecule has 1 aromatic carbocycles. The van der Waals surface area contributed by atoms with Crippen LogP contribution in [0.15, 0.2) is 27.1 Å². The standard InChI is InChI=1S/C13H14Br2N2O3/c1-20-13(19)17-4-2-16(3-5-17)12(18)9-6-10(14)8-11(15)7-9/h6-8H,2-5H2,1H3. The Bertz CT molecular complexity index is 508. The molecule has 7 heteroatoms. The fourth-order valence-electron chi connectivity index (χ4n) is 2.08. The Hall–Kier alpha value is -1.08. The van der Waals surface area contributed by atoms with E-state index in [9.17, 15) is 9.59 Å². The summed E-state index contributed by atoms with van der Waals surface area (Å²) in [6, 6.07) is 5.46. The smallest absolute Gasteiger partial charge is 0.409 e. The summed E-state index contributed by atoms with van der Waals surface area (Å²) in [6.45, 7) is 2.01. The van der Waals surface area contributed by atoms with Gasteiger partial charge in [0.05, 0.1) is 7.11 Å². The van der Waals surface area contributed by atoms with Crippen LogP contribution in [0.2, 0.25) is 0 Å². The molecule has 1 aromatic rings. The van der Waals surface area contributed by atoms with Gasteiger partial charge in [-0.3, -0.25) is 4.79 Å². The summed E-state index contributed by atoms with van der Waals surface area (Å²) >= 11 is 6.75. The summed E-state index contributed by atoms with van der Waals surface area (Å²) < 4.78 is 6.37. The fourth-order valence-corrected chi connectivity index (χ4v) is 3.37. The summed E-state index contributed by atoms with van der Waals surface area (Å²) in [5, 5.41) is 0. The number of ether oxygens (including phenoxy) is 1. The van der Waals surface area contributed by atoms with Crippen LogP contribution in [0, 0.1) is 0 Å². The minimum atomic E-state index is -0.345. The van der Waals surface area contributed by atoms with Crippen molar-refractivity contribution in [2.75, 3.05) is 33.3 Å². The zero-order chi connectivity index (χ0) is 14.7. The Kier molecular flexibility index (Phi) is 5.04. The van der Waals surface area contributed by atoms with Gasteiger partial charge in [-0.25, -0.2) is 4.79 Å². The van der Waals surface area contributed by atoms with E-state index >= 15 is 0 Å². The topological polar surface area (TPSA) is 49.9 Å². The highest BCUT2D eigenvalue weighted by Crippen LogP contribution is 2.21. The molecular weight excluding hydrogens is 392 g/mol. The fraction of sp³-hybridized carbons (Fsp3) is 0.385. The molecule has 0 unspecified atom stereocenters. The van der Waals surface area contributed by atoms with Gasteiger partial charge in [-0.2, -0.15) is 0 Å². The van der Waals surface area contributed by atoms with Crippen molar-refractivity contribution in [1.29, 1.82) is 0 Å². The molecule has 2 rings (SSSR count). The Labute approximate surface area is 134 Å². The molecule has 20 heavy (non-hydrogen) atoms. The SMILES string of the molecule is COC(=O)N1CCN(C(=O)c2cc(Br)cc(Br)c2)CC1. The molecule has 1 heterocycles. The number of carbonyl (C=O) groups excluding carboxylic acids is 2. The van der Waals surface area contributed by atoms with Crippen LogP contribution in [-0.2, 0) is 4.74 Å². The maximum absolute atomic E-state index is 12.4. The Morgan fingerprint density at radius 3 is 2.00 bits per heavy atom. The molecule has 5 nitrogen and oxygen atoms in total. The van der Waals surface area contributed by atoms with Crippen molar-refractivity contribution >= 4 is 43.9 Å². The average molecular weight is 406 g/mol. The number of halogens is 2. The van der Waals surface area contributed by atoms with E-state index in [1.54, 1.807) is 21.9 Å². The first kappa shape index (κ1) is 15.3. The monoisotopic (exact) mass is 404 g/mol. The van der Waals surface area contributed by atoms with E-state index in [4.69, 9.17) is 0 Å². The minimum absolute atomic E-state index is 0.0310. The second-order valence-corrected chi connectivity index (χ2v) is 6.24. The molecule has 1 aliphatic rings. The van der Waals surface area contributed by atoms with Gasteiger partial charge in [-0.15, -0.1) is 0 Å². The number of methoxy groups -OCH3 is 1. The van der Waals surface area contributed by atoms with Crippen molar-refractivity contribution in [2.24, 2.45) is 0 Å². The first-order valence-electron chi connectivity index (χ1n) is 6.09. The van der Waals surface area contributed by atoms with Crippen LogP contribution >= 0.6 is 31.9 Å². The van der Waals surface area contributed by atoms with Crippen LogP contribution in [0.4, 0.5) is 4.79 Å². The molecule has 108 valence electrons. The second-order valence-electron chi connectivity index (χ2n) is 4.41. The van der Waals surface area contributed by atoms with Crippen molar-refractivity contribution in [1.82, 2.24) is 9.80 Å². The highest BCUT2D eigenvalue weighted by Gasteiger charge is 2.25. The zero-order valence-electron chi connectivity index (χ0n) is 10.9. The Morgan fingerprint density at radius 1 is 1.00 bits per heavy atom. The molecule has 1 saturated heterocycles. The van der Waals surface area contributed by atoms with E-state index in [-0.39, 0.29) is 12.0 Å². The number of carbonyl (C=O) groups is 2. The molecule has 0 atom stereocenters. The average Bonchev–Trinajstić information content (AvgIpc) is 2.45. The van der Waals surface area contributed by atoms with Crippen LogP contribution < -0.4 is 0 Å². The summed E-state index contributed by atoms with van der Waals surface area (Å²) in [5.41, 5.74) is 0.623. The predicted molar refractivity (Wildman–Crippen MR) is 81.7 cm³/mol. The van der Waals surface area contributed by atoms with Crippen LogP contribution in [0.25, 0.3) is 0 Å². The summed E-state index contributed by atoms with van der Waals surface area (Å²) in [7, 11) is 1.36. The van der Waals surface area contributed by atoms with Crippen molar-refractivity contribution in [3.05, 3.63) is 32.7 Å². The molecule has 0 radical (unpaired) electrons. The van der Waals surface area contributed by atoms with E-state index in [0.29, 0.717) is 31.7 Å². The van der Waals surface area contributed by atoms with Gasteiger partial charge in [0.2, 0.25) is 0 Å². The molecule has 0 saturated carbocycles. The van der Waals surface area contributed by atoms with E-state index in [2.05, 4.69) is 36.6 Å². The lowest BCUT2D eigenvalue weighted by Gasteiger charge is -2.33. The van der Waals surface area contributed by atoms with Gasteiger partial charge >= 0.3 is 6.09 Å². The summed E-state index contributed by atoms with van der Waals surface area (Å²) in [5.74, 6) is -0.0310. The number of piperazine rings is 1. The van der Waals surface area contributed by atoms with E-state index in [0.717, 1.165) is 8.95 Å². The number of benzene rings is 1. The van der Waals surface area contributed by atoms with Crippen LogP contribution in [0.5, 0.6) is 0 Å². The molecule has 1 aliphatic heterocycles. The van der Waals surface area contributed by atoms with Gasteiger partial charge in [-0.1, -0.05) is 31.9 Å². The maximum atomic E-state index is 12.4. The van der Waals surface area contributed by atoms with Crippen LogP contribution in [0.3, 0.4) is 0 Å². The lowest BCUT2D eigenvalue weighted by molar-refractivity contribution is 0.0599. The van der Waals surface area contributed by atoms with E-state index in [1.165, 1.54) is 7.11 Å². The number of amides is 2. The van der Waals surface area contributed by atoms with Crippen molar-refractivity contribution in [3.63, 3.8) is 0 Å². The molecule has 2 amide bonds. The van der Waals surface area contributed by atoms with Crippen LogP contribution in [-0.4, -0.2) is 55.1 Å². The summed E-state index contributed by atoms with van der Waals surface area (Å²) in [4.78, 5) is 27.1. The lowest BCUT2D eigenvalue weighted by Crippen LogP contribution is -2.50. The zero-order valence-corrected chi connectivity index (χ0v) is 14.1. The second kappa shape index (κ2) is 6.58.